The predicted molar refractivity (Wildman–Crippen MR) is 157 cm³/mol. The number of nitrogens with zero attached hydrogens (tertiary/aromatic N) is 7. The van der Waals surface area contributed by atoms with Crippen LogP contribution in [0.5, 0.6) is 0 Å². The lowest BCUT2D eigenvalue weighted by Gasteiger charge is -2.23. The molecule has 5 aromatic rings. The van der Waals surface area contributed by atoms with Gasteiger partial charge in [0.25, 0.3) is 5.56 Å². The van der Waals surface area contributed by atoms with Crippen LogP contribution in [-0.4, -0.2) is 59.5 Å². The lowest BCUT2D eigenvalue weighted by Crippen LogP contribution is -2.26. The van der Waals surface area contributed by atoms with Crippen LogP contribution in [0.15, 0.2) is 71.8 Å². The van der Waals surface area contributed by atoms with Gasteiger partial charge in [-0.2, -0.15) is 0 Å². The van der Waals surface area contributed by atoms with Gasteiger partial charge in [0.2, 0.25) is 0 Å². The van der Waals surface area contributed by atoms with Crippen molar-refractivity contribution in [2.24, 2.45) is 0 Å². The summed E-state index contributed by atoms with van der Waals surface area (Å²) in [6, 6.07) is 14.2. The Hall–Kier alpha value is -4.08. The molecule has 0 saturated heterocycles. The van der Waals surface area contributed by atoms with Gasteiger partial charge in [-0.25, -0.2) is 24.3 Å². The van der Waals surface area contributed by atoms with Crippen LogP contribution in [0, 0.1) is 0 Å². The summed E-state index contributed by atoms with van der Waals surface area (Å²) in [6.45, 7) is 4.10. The first-order chi connectivity index (χ1) is 19.3. The molecule has 1 aromatic carbocycles. The molecule has 2 bridgehead atoms. The average Bonchev–Trinajstić information content (AvgIpc) is 3.46. The molecule has 0 saturated carbocycles. The maximum Gasteiger partial charge on any atom is 0.278 e. The zero-order valence-corrected chi connectivity index (χ0v) is 23.3. The summed E-state index contributed by atoms with van der Waals surface area (Å²) in [7, 11) is 4.16. The van der Waals surface area contributed by atoms with Gasteiger partial charge < -0.3 is 14.6 Å². The Bertz CT molecular complexity index is 1770. The second-order valence-corrected chi connectivity index (χ2v) is 11.1. The van der Waals surface area contributed by atoms with Crippen LogP contribution in [0.2, 0.25) is 0 Å². The highest BCUT2D eigenvalue weighted by Gasteiger charge is 2.26. The molecule has 0 amide bonds. The lowest BCUT2D eigenvalue weighted by atomic mass is 9.94. The molecule has 40 heavy (non-hydrogen) atoms. The number of hydrogen-bond donors (Lipinski definition) is 1. The van der Waals surface area contributed by atoms with E-state index in [4.69, 9.17) is 9.97 Å². The van der Waals surface area contributed by atoms with Gasteiger partial charge in [0, 0.05) is 37.4 Å². The topological polar surface area (TPSA) is 94.0 Å². The third kappa shape index (κ3) is 4.98. The smallest absolute Gasteiger partial charge is 0.278 e. The molecule has 1 aliphatic rings. The number of aliphatic hydroxyl groups is 1. The van der Waals surface area contributed by atoms with Crippen molar-refractivity contribution in [2.45, 2.75) is 51.3 Å². The fraction of sp³-hybridized carbons (Fsp3) is 0.355. The molecule has 1 atom stereocenters. The molecule has 0 fully saturated rings. The van der Waals surface area contributed by atoms with Crippen molar-refractivity contribution in [2.75, 3.05) is 20.6 Å². The first-order valence-electron chi connectivity index (χ1n) is 13.9. The van der Waals surface area contributed by atoms with E-state index < -0.39 is 5.60 Å². The molecule has 1 aliphatic heterocycles. The van der Waals surface area contributed by atoms with Crippen LogP contribution >= 0.6 is 0 Å². The minimum absolute atomic E-state index is 0.164. The van der Waals surface area contributed by atoms with Gasteiger partial charge in [0.05, 0.1) is 12.2 Å². The molecule has 206 valence electrons. The Labute approximate surface area is 233 Å². The summed E-state index contributed by atoms with van der Waals surface area (Å²) in [4.78, 5) is 29.9. The van der Waals surface area contributed by atoms with Gasteiger partial charge in [-0.15, -0.1) is 0 Å². The summed E-state index contributed by atoms with van der Waals surface area (Å²) >= 11 is 0. The highest BCUT2D eigenvalue weighted by atomic mass is 16.3. The Morgan fingerprint density at radius 3 is 2.83 bits per heavy atom. The fourth-order valence-corrected chi connectivity index (χ4v) is 5.42. The number of likely N-dealkylation sites (N-methyl/N-ethyl adjacent to an activating group) is 1. The molecule has 0 aliphatic carbocycles. The summed E-state index contributed by atoms with van der Waals surface area (Å²) in [6.07, 6.45) is 10.6. The van der Waals surface area contributed by atoms with Crippen molar-refractivity contribution < 1.29 is 5.11 Å². The van der Waals surface area contributed by atoms with E-state index in [1.165, 1.54) is 10.9 Å². The fourth-order valence-electron chi connectivity index (χ4n) is 5.42. The Morgan fingerprint density at radius 2 is 1.98 bits per heavy atom. The number of allylic oxidation sites excluding steroid dienone is 2. The van der Waals surface area contributed by atoms with E-state index in [0.29, 0.717) is 47.8 Å². The van der Waals surface area contributed by atoms with Gasteiger partial charge in [-0.1, -0.05) is 24.3 Å². The molecule has 0 radical (unpaired) electrons. The van der Waals surface area contributed by atoms with E-state index in [2.05, 4.69) is 65.1 Å². The minimum Gasteiger partial charge on any atom is -0.384 e. The van der Waals surface area contributed by atoms with E-state index in [1.54, 1.807) is 22.5 Å². The molecule has 0 spiro atoms. The van der Waals surface area contributed by atoms with Gasteiger partial charge >= 0.3 is 0 Å². The maximum absolute atomic E-state index is 13.5. The molecule has 9 heteroatoms. The molecule has 6 rings (SSSR count). The standard InChI is InChI=1S/C31H35N7O2/c1-31(40)14-6-4-5-7-15-37-30(39)24-21-32-27(34-29(24)38(37)28-10-8-9-26(31)33-28)20-22-11-12-25-23(19-22)13-16-36(25)18-17-35(2)3/h5,7-13,16,19,21,40H,4,6,14-15,17-18,20H2,1-3H3/b7-5-. The zero-order valence-electron chi connectivity index (χ0n) is 23.3. The molecular weight excluding hydrogens is 502 g/mol. The molecule has 1 unspecified atom stereocenters. The third-order valence-corrected chi connectivity index (χ3v) is 7.69. The molecule has 9 nitrogen and oxygen atoms in total. The van der Waals surface area contributed by atoms with Gasteiger partial charge in [-0.3, -0.25) is 4.79 Å². The molecule has 1 N–H and O–H groups in total. The maximum atomic E-state index is 13.5. The van der Waals surface area contributed by atoms with Crippen LogP contribution in [0.4, 0.5) is 0 Å². The molecular formula is C31H35N7O2. The normalized spacial score (nSPS) is 18.5. The number of hydrogen-bond acceptors (Lipinski definition) is 6. The number of pyridine rings is 1. The minimum atomic E-state index is -1.07. The molecule has 4 aromatic heterocycles. The Balaban J connectivity index is 1.40. The Morgan fingerprint density at radius 1 is 1.10 bits per heavy atom. The van der Waals surface area contributed by atoms with Crippen molar-refractivity contribution in [1.29, 1.82) is 0 Å². The molecule has 5 heterocycles. The van der Waals surface area contributed by atoms with Crippen LogP contribution in [0.25, 0.3) is 27.8 Å². The average molecular weight is 538 g/mol. The SMILES string of the molecule is CN(C)CCn1ccc2cc(Cc3ncc4c(=O)n5n(c4n3)-c3cccc(n3)C(C)(O)CCC/C=C\C5)ccc21. The quantitative estimate of drug-likeness (QED) is 0.340. The largest absolute Gasteiger partial charge is 0.384 e. The highest BCUT2D eigenvalue weighted by molar-refractivity contribution is 5.81. The monoisotopic (exact) mass is 537 g/mol. The lowest BCUT2D eigenvalue weighted by molar-refractivity contribution is 0.0413. The first kappa shape index (κ1) is 26.2. The van der Waals surface area contributed by atoms with Crippen molar-refractivity contribution in [3.63, 3.8) is 0 Å². The predicted octanol–water partition coefficient (Wildman–Crippen LogP) is 4.03. The summed E-state index contributed by atoms with van der Waals surface area (Å²) < 4.78 is 5.68. The van der Waals surface area contributed by atoms with E-state index in [0.717, 1.165) is 31.5 Å². The third-order valence-electron chi connectivity index (χ3n) is 7.69. The first-order valence-corrected chi connectivity index (χ1v) is 13.9. The van der Waals surface area contributed by atoms with Crippen LogP contribution in [0.1, 0.15) is 43.3 Å². The van der Waals surface area contributed by atoms with Gasteiger partial charge in [-0.05, 0) is 81.6 Å². The summed E-state index contributed by atoms with van der Waals surface area (Å²) in [5.41, 5.74) is 2.17. The van der Waals surface area contributed by atoms with Crippen molar-refractivity contribution in [1.82, 2.24) is 33.8 Å². The van der Waals surface area contributed by atoms with Gasteiger partial charge in [0.1, 0.15) is 16.8 Å². The number of fused-ring (bicyclic) bond motifs is 7. The Kier molecular flexibility index (Phi) is 6.85. The summed E-state index contributed by atoms with van der Waals surface area (Å²) in [5.74, 6) is 1.17. The number of aromatic nitrogens is 6. The van der Waals surface area contributed by atoms with Crippen LogP contribution in [-0.2, 0) is 25.1 Å². The second-order valence-electron chi connectivity index (χ2n) is 11.1. The highest BCUT2D eigenvalue weighted by Crippen LogP contribution is 2.27. The number of benzene rings is 1. The van der Waals surface area contributed by atoms with Crippen molar-refractivity contribution in [3.8, 4) is 5.82 Å². The van der Waals surface area contributed by atoms with E-state index in [-0.39, 0.29) is 5.56 Å². The van der Waals surface area contributed by atoms with Crippen LogP contribution < -0.4 is 5.56 Å². The van der Waals surface area contributed by atoms with Crippen molar-refractivity contribution in [3.05, 3.63) is 94.4 Å². The van der Waals surface area contributed by atoms with Crippen LogP contribution in [0.3, 0.4) is 0 Å². The van der Waals surface area contributed by atoms with Crippen molar-refractivity contribution >= 4 is 21.9 Å². The second kappa shape index (κ2) is 10.5. The van der Waals surface area contributed by atoms with E-state index in [9.17, 15) is 9.90 Å². The van der Waals surface area contributed by atoms with E-state index >= 15 is 0 Å². The van der Waals surface area contributed by atoms with Gasteiger partial charge in [0.15, 0.2) is 11.5 Å². The summed E-state index contributed by atoms with van der Waals surface area (Å²) in [5, 5.41) is 12.8. The van der Waals surface area contributed by atoms with E-state index in [1.807, 2.05) is 24.3 Å². The zero-order chi connectivity index (χ0) is 27.9. The number of rotatable bonds is 5.